The molecule has 1 aliphatic heterocycles. The lowest BCUT2D eigenvalue weighted by Gasteiger charge is -2.56. The summed E-state index contributed by atoms with van der Waals surface area (Å²) in [6.07, 6.45) is 6.48. The molecule has 0 unspecified atom stereocenters. The van der Waals surface area contributed by atoms with Gasteiger partial charge in [0, 0.05) is 33.2 Å². The van der Waals surface area contributed by atoms with E-state index in [0.717, 1.165) is 35.7 Å². The molecule has 8 rings (SSSR count). The maximum atomic E-state index is 13.7. The van der Waals surface area contributed by atoms with Crippen molar-refractivity contribution in [3.05, 3.63) is 65.4 Å². The van der Waals surface area contributed by atoms with Gasteiger partial charge in [0.15, 0.2) is 0 Å². The second kappa shape index (κ2) is 10.1. The Hall–Kier alpha value is -2.75. The Bertz CT molecular complexity index is 1680. The van der Waals surface area contributed by atoms with Crippen LogP contribution >= 0.6 is 11.6 Å². The van der Waals surface area contributed by atoms with Crippen molar-refractivity contribution < 1.29 is 22.7 Å². The number of aromatic nitrogens is 1. The number of fused-ring (bicyclic) bond motifs is 3. The van der Waals surface area contributed by atoms with Gasteiger partial charge in [-0.05, 0) is 85.6 Å². The number of methoxy groups -OCH3 is 1. The molecule has 5 aliphatic rings. The lowest BCUT2D eigenvalue weighted by Crippen LogP contribution is -2.59. The number of benzene rings is 2. The first kappa shape index (κ1) is 29.0. The van der Waals surface area contributed by atoms with Gasteiger partial charge in [-0.1, -0.05) is 30.3 Å². The number of carbonyl (C=O) groups is 2. The van der Waals surface area contributed by atoms with Crippen LogP contribution in [-0.4, -0.2) is 69.2 Å². The molecule has 2 atom stereocenters. The molecule has 2 heterocycles. The lowest BCUT2D eigenvalue weighted by molar-refractivity contribution is -0.154. The van der Waals surface area contributed by atoms with Crippen LogP contribution in [0.5, 0.6) is 0 Å². The summed E-state index contributed by atoms with van der Waals surface area (Å²) in [5.74, 6) is 0.281. The molecule has 4 fully saturated rings. The van der Waals surface area contributed by atoms with Crippen LogP contribution in [0.25, 0.3) is 10.9 Å². The highest BCUT2D eigenvalue weighted by Gasteiger charge is 2.52. The van der Waals surface area contributed by atoms with Crippen LogP contribution in [0.2, 0.25) is 0 Å². The highest BCUT2D eigenvalue weighted by Crippen LogP contribution is 2.56. The van der Waals surface area contributed by atoms with Crippen LogP contribution in [0, 0.1) is 17.8 Å². The molecule has 4 radical (unpaired) electrons. The number of ether oxygens (including phenoxy) is 1. The zero-order valence-electron chi connectivity index (χ0n) is 23.9. The monoisotopic (exact) mass is 615 g/mol. The van der Waals surface area contributed by atoms with Gasteiger partial charge < -0.3 is 14.6 Å². The van der Waals surface area contributed by atoms with Crippen LogP contribution in [0.4, 0.5) is 0 Å². The molecule has 4 saturated carbocycles. The summed E-state index contributed by atoms with van der Waals surface area (Å²) >= 11 is 6.14. The van der Waals surface area contributed by atoms with E-state index in [4.69, 9.17) is 32.0 Å². The Balaban J connectivity index is 1.28. The van der Waals surface area contributed by atoms with E-state index in [1.54, 1.807) is 24.3 Å². The molecule has 43 heavy (non-hydrogen) atoms. The average Bonchev–Trinajstić information content (AvgIpc) is 3.32. The number of hydrogen-bond acceptors (Lipinski definition) is 5. The number of nitrogens with zero attached hydrogens (tertiary/aromatic N) is 1. The van der Waals surface area contributed by atoms with Gasteiger partial charge in [-0.3, -0.25) is 4.79 Å². The number of aromatic amines is 1. The summed E-state index contributed by atoms with van der Waals surface area (Å²) in [5.41, 5.74) is 2.52. The summed E-state index contributed by atoms with van der Waals surface area (Å²) in [6, 6.07) is 12.1. The quantitative estimate of drug-likeness (QED) is 0.250. The second-order valence-corrected chi connectivity index (χ2v) is 15.4. The Morgan fingerprint density at radius 3 is 2.21 bits per heavy atom. The topological polar surface area (TPSA) is 109 Å². The number of H-pyrrole nitrogens is 1. The normalized spacial score (nSPS) is 29.9. The van der Waals surface area contributed by atoms with Crippen LogP contribution < -0.4 is 4.72 Å². The highest BCUT2D eigenvalue weighted by molar-refractivity contribution is 7.89. The van der Waals surface area contributed by atoms with Crippen molar-refractivity contribution in [1.29, 1.82) is 0 Å². The number of halogens is 1. The first-order valence-corrected chi connectivity index (χ1v) is 16.6. The van der Waals surface area contributed by atoms with Gasteiger partial charge >= 0.3 is 5.97 Å². The molecule has 2 N–H and O–H groups in total. The molecular formula is C31H32B2ClN3O5S. The van der Waals surface area contributed by atoms with Crippen molar-refractivity contribution >= 4 is 60.1 Å². The molecule has 0 spiro atoms. The van der Waals surface area contributed by atoms with Crippen molar-refractivity contribution in [3.63, 3.8) is 0 Å². The zero-order valence-corrected chi connectivity index (χ0v) is 25.5. The van der Waals surface area contributed by atoms with Crippen molar-refractivity contribution in [2.45, 2.75) is 72.1 Å². The summed E-state index contributed by atoms with van der Waals surface area (Å²) in [7, 11) is 9.19. The van der Waals surface area contributed by atoms with Crippen molar-refractivity contribution in [2.24, 2.45) is 17.8 Å². The first-order valence-electron chi connectivity index (χ1n) is 14.8. The summed E-state index contributed by atoms with van der Waals surface area (Å²) in [4.78, 5) is 31.6. The van der Waals surface area contributed by atoms with E-state index < -0.39 is 38.7 Å². The van der Waals surface area contributed by atoms with E-state index in [2.05, 4.69) is 9.71 Å². The van der Waals surface area contributed by atoms with Crippen LogP contribution in [0.1, 0.15) is 61.4 Å². The third kappa shape index (κ3) is 4.92. The Morgan fingerprint density at radius 1 is 1.02 bits per heavy atom. The van der Waals surface area contributed by atoms with Crippen molar-refractivity contribution in [3.8, 4) is 0 Å². The van der Waals surface area contributed by atoms with Crippen LogP contribution in [-0.2, 0) is 30.8 Å². The minimum absolute atomic E-state index is 0.145. The Kier molecular flexibility index (Phi) is 6.84. The van der Waals surface area contributed by atoms with Gasteiger partial charge in [0.05, 0.1) is 33.7 Å². The molecule has 1 amide bonds. The highest BCUT2D eigenvalue weighted by atomic mass is 35.5. The number of carbonyl (C=O) groups excluding carboxylic acids is 2. The lowest BCUT2D eigenvalue weighted by atomic mass is 9.53. The van der Waals surface area contributed by atoms with Gasteiger partial charge in [0.25, 0.3) is 0 Å². The maximum absolute atomic E-state index is 13.7. The standard InChI is InChI=1S/C31H32B2ClN3O5S/c1-42-28(38)25-13-23-22-4-2-3-5-24(22)35-26(23)27(37(25)29(39)31(32,33)34)20-6-8-21(9-7-20)43(40,41)36-30-14-17-10-18(15-30)12-19(11-17)16-30/h2-9,17-19,25,27,35-36H,10-16H2,1H3/t17?,18?,19?,25-,27+,30?/m1/s1. The largest absolute Gasteiger partial charge is 0.467 e. The average molecular weight is 616 g/mol. The second-order valence-electron chi connectivity index (χ2n) is 13.1. The Labute approximate surface area is 259 Å². The number of para-hydroxylation sites is 1. The predicted octanol–water partition coefficient (Wildman–Crippen LogP) is 3.66. The first-order chi connectivity index (χ1) is 20.4. The number of sulfonamides is 1. The van der Waals surface area contributed by atoms with Crippen molar-refractivity contribution in [1.82, 2.24) is 14.6 Å². The van der Waals surface area contributed by atoms with E-state index in [1.807, 2.05) is 24.3 Å². The molecule has 4 aliphatic carbocycles. The molecular weight excluding hydrogens is 584 g/mol. The van der Waals surface area contributed by atoms with E-state index in [0.29, 0.717) is 29.0 Å². The van der Waals surface area contributed by atoms with Gasteiger partial charge in [-0.25, -0.2) is 17.9 Å². The molecule has 12 heteroatoms. The van der Waals surface area contributed by atoms with E-state index in [9.17, 15) is 18.0 Å². The minimum atomic E-state index is -3.81. The Morgan fingerprint density at radius 2 is 1.63 bits per heavy atom. The molecule has 3 aromatic rings. The molecule has 2 aromatic carbocycles. The molecule has 4 bridgehead atoms. The third-order valence-electron chi connectivity index (χ3n) is 10.1. The minimum Gasteiger partial charge on any atom is -0.467 e. The summed E-state index contributed by atoms with van der Waals surface area (Å²) < 4.78 is 33.3. The fraction of sp³-hybridized carbons (Fsp3) is 0.484. The van der Waals surface area contributed by atoms with Gasteiger partial charge in [-0.2, -0.15) is 0 Å². The predicted molar refractivity (Wildman–Crippen MR) is 164 cm³/mol. The number of rotatable bonds is 6. The maximum Gasteiger partial charge on any atom is 0.328 e. The van der Waals surface area contributed by atoms with Crippen LogP contribution in [0.15, 0.2) is 53.4 Å². The fourth-order valence-corrected chi connectivity index (χ4v) is 10.3. The number of esters is 1. The smallest absolute Gasteiger partial charge is 0.328 e. The molecule has 8 nitrogen and oxygen atoms in total. The molecule has 1 aromatic heterocycles. The van der Waals surface area contributed by atoms with Gasteiger partial charge in [-0.15, -0.1) is 11.6 Å². The van der Waals surface area contributed by atoms with E-state index >= 15 is 0 Å². The molecule has 220 valence electrons. The van der Waals surface area contributed by atoms with Gasteiger partial charge in [0.2, 0.25) is 15.9 Å². The fourth-order valence-electron chi connectivity index (χ4n) is 8.81. The zero-order chi connectivity index (χ0) is 30.3. The number of nitrogens with one attached hydrogen (secondary N) is 2. The van der Waals surface area contributed by atoms with Crippen molar-refractivity contribution in [2.75, 3.05) is 7.11 Å². The summed E-state index contributed by atoms with van der Waals surface area (Å²) in [6.45, 7) is 0. The van der Waals surface area contributed by atoms with Gasteiger partial charge in [0.1, 0.15) is 6.04 Å². The van der Waals surface area contributed by atoms with Crippen LogP contribution in [0.3, 0.4) is 0 Å². The number of hydrogen-bond donors (Lipinski definition) is 2. The van der Waals surface area contributed by atoms with E-state index in [1.165, 1.54) is 31.3 Å². The SMILES string of the molecule is [B]C([B])(Cl)C(=O)N1[C@@H](c2ccc(S(=O)(=O)NC34CC5CC(CC(C5)C3)C4)cc2)c2[nH]c3ccccc3c2C[C@@H]1C(=O)OC. The third-order valence-corrected chi connectivity index (χ3v) is 11.8. The number of amides is 1. The molecule has 0 saturated heterocycles. The van der Waals surface area contributed by atoms with E-state index in [-0.39, 0.29) is 16.9 Å². The summed E-state index contributed by atoms with van der Waals surface area (Å²) in [5, 5.41) is 0.903. The number of alkyl halides is 1.